The van der Waals surface area contributed by atoms with Crippen LogP contribution >= 0.6 is 0 Å². The van der Waals surface area contributed by atoms with Crippen molar-refractivity contribution in [1.29, 1.82) is 0 Å². The van der Waals surface area contributed by atoms with E-state index in [1.54, 1.807) is 0 Å². The minimum Gasteiger partial charge on any atom is -0.252 e. The summed E-state index contributed by atoms with van der Waals surface area (Å²) in [7, 11) is 0. The van der Waals surface area contributed by atoms with E-state index < -0.39 is 0 Å². The minimum absolute atomic E-state index is 0.275. The number of para-hydroxylation sites is 1. The van der Waals surface area contributed by atoms with Crippen molar-refractivity contribution in [3.63, 3.8) is 0 Å². The zero-order valence-electron chi connectivity index (χ0n) is 11.3. The molecular weight excluding hydrogens is 218 g/mol. The van der Waals surface area contributed by atoms with Crippen molar-refractivity contribution >= 4 is 10.9 Å². The van der Waals surface area contributed by atoms with Gasteiger partial charge in [0.05, 0.1) is 11.2 Å². The van der Waals surface area contributed by atoms with E-state index in [1.807, 2.05) is 0 Å². The summed E-state index contributed by atoms with van der Waals surface area (Å²) in [5.74, 6) is 0.703. The quantitative estimate of drug-likeness (QED) is 0.661. The van der Waals surface area contributed by atoms with Crippen molar-refractivity contribution in [3.05, 3.63) is 41.6 Å². The summed E-state index contributed by atoms with van der Waals surface area (Å²) in [6.07, 6.45) is 2.62. The number of fused-ring (bicyclic) bond motifs is 6. The zero-order chi connectivity index (χ0) is 12.5. The van der Waals surface area contributed by atoms with Gasteiger partial charge in [-0.1, -0.05) is 39.0 Å². The molecular formula is C17H19N. The number of hydrogen-bond donors (Lipinski definition) is 0. The third-order valence-electron chi connectivity index (χ3n) is 5.88. The Kier molecular flexibility index (Phi) is 1.73. The van der Waals surface area contributed by atoms with E-state index in [9.17, 15) is 0 Å². The van der Waals surface area contributed by atoms with Crippen LogP contribution in [0, 0.1) is 5.41 Å². The van der Waals surface area contributed by atoms with Gasteiger partial charge in [-0.25, -0.2) is 0 Å². The molecule has 2 aliphatic carbocycles. The Morgan fingerprint density at radius 3 is 2.78 bits per heavy atom. The lowest BCUT2D eigenvalue weighted by atomic mass is 9.70. The second-order valence-electron chi connectivity index (χ2n) is 6.76. The molecule has 92 valence electrons. The SMILES string of the molecule is CC1(C)[C@@H]2CC[C@@]1(C)c1nc3ccccc3cc12. The highest BCUT2D eigenvalue weighted by Gasteiger charge is 2.60. The van der Waals surface area contributed by atoms with Gasteiger partial charge in [0, 0.05) is 10.8 Å². The Bertz CT molecular complexity index is 656. The van der Waals surface area contributed by atoms with Crippen LogP contribution < -0.4 is 0 Å². The van der Waals surface area contributed by atoms with Gasteiger partial charge in [0.25, 0.3) is 0 Å². The average Bonchev–Trinajstić information content (AvgIpc) is 2.68. The highest BCUT2D eigenvalue weighted by atomic mass is 14.8. The van der Waals surface area contributed by atoms with Crippen LogP contribution in [0.15, 0.2) is 30.3 Å². The molecule has 1 heteroatoms. The normalized spacial score (nSPS) is 31.8. The van der Waals surface area contributed by atoms with Gasteiger partial charge in [-0.05, 0) is 41.9 Å². The van der Waals surface area contributed by atoms with Gasteiger partial charge < -0.3 is 0 Å². The van der Waals surface area contributed by atoms with Gasteiger partial charge in [0.15, 0.2) is 0 Å². The maximum Gasteiger partial charge on any atom is 0.0705 e. The molecule has 0 aliphatic heterocycles. The van der Waals surface area contributed by atoms with Crippen LogP contribution in [-0.4, -0.2) is 4.98 Å². The maximum atomic E-state index is 5.01. The Morgan fingerprint density at radius 2 is 1.94 bits per heavy atom. The van der Waals surface area contributed by atoms with E-state index in [0.717, 1.165) is 5.52 Å². The third kappa shape index (κ3) is 0.981. The fourth-order valence-electron chi connectivity index (χ4n) is 4.31. The summed E-state index contributed by atoms with van der Waals surface area (Å²) in [5.41, 5.74) is 4.69. The molecule has 1 aromatic carbocycles. The first-order valence-electron chi connectivity index (χ1n) is 6.94. The van der Waals surface area contributed by atoms with Gasteiger partial charge in [0.1, 0.15) is 0 Å². The molecule has 1 fully saturated rings. The number of rotatable bonds is 0. The van der Waals surface area contributed by atoms with E-state index in [-0.39, 0.29) is 5.41 Å². The van der Waals surface area contributed by atoms with Gasteiger partial charge in [-0.2, -0.15) is 0 Å². The molecule has 0 saturated heterocycles. The summed E-state index contributed by atoms with van der Waals surface area (Å²) in [6, 6.07) is 10.9. The minimum atomic E-state index is 0.275. The van der Waals surface area contributed by atoms with Crippen molar-refractivity contribution < 1.29 is 0 Å². The number of benzene rings is 1. The van der Waals surface area contributed by atoms with Gasteiger partial charge in [-0.3, -0.25) is 4.98 Å². The van der Waals surface area contributed by atoms with Crippen LogP contribution in [0.1, 0.15) is 50.8 Å². The summed E-state index contributed by atoms with van der Waals surface area (Å²) >= 11 is 0. The van der Waals surface area contributed by atoms with Gasteiger partial charge in [-0.15, -0.1) is 0 Å². The monoisotopic (exact) mass is 237 g/mol. The Balaban J connectivity index is 2.08. The zero-order valence-corrected chi connectivity index (χ0v) is 11.3. The molecule has 1 heterocycles. The largest absolute Gasteiger partial charge is 0.252 e. The second kappa shape index (κ2) is 2.96. The molecule has 2 atom stereocenters. The van der Waals surface area contributed by atoms with Crippen LogP contribution in [0.5, 0.6) is 0 Å². The van der Waals surface area contributed by atoms with Crippen molar-refractivity contribution in [2.45, 2.75) is 44.9 Å². The van der Waals surface area contributed by atoms with Crippen LogP contribution in [0.4, 0.5) is 0 Å². The molecule has 4 rings (SSSR count). The van der Waals surface area contributed by atoms with Crippen LogP contribution in [0.3, 0.4) is 0 Å². The highest BCUT2D eigenvalue weighted by Crippen LogP contribution is 2.67. The molecule has 0 amide bonds. The first kappa shape index (κ1) is 10.5. The number of nitrogens with zero attached hydrogens (tertiary/aromatic N) is 1. The average molecular weight is 237 g/mol. The fourth-order valence-corrected chi connectivity index (χ4v) is 4.31. The van der Waals surface area contributed by atoms with E-state index in [4.69, 9.17) is 4.98 Å². The van der Waals surface area contributed by atoms with Crippen LogP contribution in [-0.2, 0) is 5.41 Å². The van der Waals surface area contributed by atoms with E-state index in [2.05, 4.69) is 51.1 Å². The number of hydrogen-bond acceptors (Lipinski definition) is 1. The maximum absolute atomic E-state index is 5.01. The van der Waals surface area contributed by atoms with E-state index >= 15 is 0 Å². The van der Waals surface area contributed by atoms with Crippen molar-refractivity contribution in [2.75, 3.05) is 0 Å². The second-order valence-corrected chi connectivity index (χ2v) is 6.76. The predicted octanol–water partition coefficient (Wildman–Crippen LogP) is 4.41. The molecule has 1 nitrogen and oxygen atoms in total. The number of aromatic nitrogens is 1. The lowest BCUT2D eigenvalue weighted by Gasteiger charge is -2.34. The molecule has 0 spiro atoms. The Labute approximate surface area is 108 Å². The first-order chi connectivity index (χ1) is 8.54. The highest BCUT2D eigenvalue weighted by molar-refractivity contribution is 5.80. The molecule has 2 bridgehead atoms. The molecule has 1 saturated carbocycles. The summed E-state index contributed by atoms with van der Waals surface area (Å²) < 4.78 is 0. The summed E-state index contributed by atoms with van der Waals surface area (Å²) in [5, 5.41) is 1.29. The Hall–Kier alpha value is -1.37. The smallest absolute Gasteiger partial charge is 0.0705 e. The van der Waals surface area contributed by atoms with Gasteiger partial charge in [0.2, 0.25) is 0 Å². The third-order valence-corrected chi connectivity index (χ3v) is 5.88. The Morgan fingerprint density at radius 1 is 1.17 bits per heavy atom. The van der Waals surface area contributed by atoms with E-state index in [1.165, 1.54) is 29.5 Å². The lowest BCUT2D eigenvalue weighted by molar-refractivity contribution is 0.227. The van der Waals surface area contributed by atoms with Crippen LogP contribution in [0.25, 0.3) is 10.9 Å². The van der Waals surface area contributed by atoms with Gasteiger partial charge >= 0.3 is 0 Å². The molecule has 2 aromatic rings. The van der Waals surface area contributed by atoms with Crippen molar-refractivity contribution in [3.8, 4) is 0 Å². The lowest BCUT2D eigenvalue weighted by Crippen LogP contribution is -2.31. The summed E-state index contributed by atoms with van der Waals surface area (Å²) in [4.78, 5) is 5.01. The molecule has 2 aliphatic rings. The van der Waals surface area contributed by atoms with Crippen molar-refractivity contribution in [2.24, 2.45) is 5.41 Å². The standard InChI is InChI=1S/C17H19N/c1-16(2)13-8-9-17(16,3)15-12(13)10-11-6-4-5-7-14(11)18-15/h4-7,10,13H,8-9H2,1-3H3/t13-,17+/m1/s1. The first-order valence-corrected chi connectivity index (χ1v) is 6.94. The van der Waals surface area contributed by atoms with Crippen LogP contribution in [0.2, 0.25) is 0 Å². The fraction of sp³-hybridized carbons (Fsp3) is 0.471. The molecule has 18 heavy (non-hydrogen) atoms. The molecule has 0 N–H and O–H groups in total. The molecule has 1 aromatic heterocycles. The molecule has 0 unspecified atom stereocenters. The van der Waals surface area contributed by atoms with Crippen molar-refractivity contribution in [1.82, 2.24) is 4.98 Å². The molecule has 0 radical (unpaired) electrons. The summed E-state index contributed by atoms with van der Waals surface area (Å²) in [6.45, 7) is 7.27. The van der Waals surface area contributed by atoms with E-state index in [0.29, 0.717) is 11.3 Å². The number of pyridine rings is 1. The predicted molar refractivity (Wildman–Crippen MR) is 74.9 cm³/mol. The topological polar surface area (TPSA) is 12.9 Å².